The Morgan fingerprint density at radius 2 is 1.93 bits per heavy atom. The molecule has 0 aromatic carbocycles. The molecular weight excluding hydrogens is 196 g/mol. The predicted molar refractivity (Wildman–Crippen MR) is 55.1 cm³/mol. The Labute approximate surface area is 89.7 Å². The highest BCUT2D eigenvalue weighted by molar-refractivity contribution is 5.97. The van der Waals surface area contributed by atoms with Crippen LogP contribution in [0.3, 0.4) is 0 Å². The van der Waals surface area contributed by atoms with Gasteiger partial charge in [-0.15, -0.1) is 0 Å². The van der Waals surface area contributed by atoms with Crippen molar-refractivity contribution in [1.82, 2.24) is 9.80 Å². The standard InChI is InChI=1S/C10H18N2O3/c1-8(2)12-4-3-11(5-6-13)9(14)7-10(12)15/h8,13H,3-7H2,1-2H3. The molecule has 5 nitrogen and oxygen atoms in total. The first-order valence-corrected chi connectivity index (χ1v) is 5.24. The maximum absolute atomic E-state index is 11.6. The third-order valence-corrected chi connectivity index (χ3v) is 2.58. The summed E-state index contributed by atoms with van der Waals surface area (Å²) in [6.45, 7) is 5.21. The van der Waals surface area contributed by atoms with Crippen molar-refractivity contribution in [2.75, 3.05) is 26.2 Å². The van der Waals surface area contributed by atoms with Crippen LogP contribution in [0.25, 0.3) is 0 Å². The second kappa shape index (κ2) is 5.11. The highest BCUT2D eigenvalue weighted by Gasteiger charge is 2.27. The Morgan fingerprint density at radius 1 is 1.27 bits per heavy atom. The van der Waals surface area contributed by atoms with Crippen molar-refractivity contribution in [3.05, 3.63) is 0 Å². The van der Waals surface area contributed by atoms with Gasteiger partial charge in [-0.05, 0) is 13.8 Å². The van der Waals surface area contributed by atoms with Crippen molar-refractivity contribution in [2.45, 2.75) is 26.3 Å². The monoisotopic (exact) mass is 214 g/mol. The van der Waals surface area contributed by atoms with Crippen LogP contribution in [0.4, 0.5) is 0 Å². The number of aliphatic hydroxyl groups excluding tert-OH is 1. The molecule has 0 bridgehead atoms. The second-order valence-corrected chi connectivity index (χ2v) is 3.96. The molecule has 1 fully saturated rings. The first kappa shape index (κ1) is 12.0. The van der Waals surface area contributed by atoms with E-state index in [4.69, 9.17) is 5.11 Å². The maximum atomic E-state index is 11.6. The molecule has 1 aliphatic rings. The zero-order valence-corrected chi connectivity index (χ0v) is 9.27. The summed E-state index contributed by atoms with van der Waals surface area (Å²) >= 11 is 0. The lowest BCUT2D eigenvalue weighted by Gasteiger charge is -2.25. The molecule has 1 aliphatic heterocycles. The fourth-order valence-corrected chi connectivity index (χ4v) is 1.72. The first-order valence-electron chi connectivity index (χ1n) is 5.24. The van der Waals surface area contributed by atoms with Crippen LogP contribution in [-0.4, -0.2) is 59.0 Å². The molecule has 0 atom stereocenters. The van der Waals surface area contributed by atoms with Gasteiger partial charge < -0.3 is 14.9 Å². The lowest BCUT2D eigenvalue weighted by molar-refractivity contribution is -0.138. The molecule has 1 N–H and O–H groups in total. The van der Waals surface area contributed by atoms with E-state index in [1.54, 1.807) is 9.80 Å². The number of nitrogens with zero attached hydrogens (tertiary/aromatic N) is 2. The van der Waals surface area contributed by atoms with Crippen molar-refractivity contribution in [1.29, 1.82) is 0 Å². The number of amides is 2. The molecule has 1 rings (SSSR count). The Kier molecular flexibility index (Phi) is 4.08. The summed E-state index contributed by atoms with van der Waals surface area (Å²) in [5, 5.41) is 8.78. The third-order valence-electron chi connectivity index (χ3n) is 2.58. The van der Waals surface area contributed by atoms with E-state index in [1.807, 2.05) is 13.8 Å². The van der Waals surface area contributed by atoms with Crippen LogP contribution >= 0.6 is 0 Å². The Morgan fingerprint density at radius 3 is 2.47 bits per heavy atom. The van der Waals surface area contributed by atoms with Gasteiger partial charge in [0.05, 0.1) is 6.61 Å². The number of aliphatic hydroxyl groups is 1. The Balaban J connectivity index is 2.67. The van der Waals surface area contributed by atoms with E-state index in [0.29, 0.717) is 19.6 Å². The summed E-state index contributed by atoms with van der Waals surface area (Å²) in [6, 6.07) is 0.124. The van der Waals surface area contributed by atoms with E-state index in [9.17, 15) is 9.59 Å². The van der Waals surface area contributed by atoms with Gasteiger partial charge in [0.15, 0.2) is 0 Å². The smallest absolute Gasteiger partial charge is 0.232 e. The van der Waals surface area contributed by atoms with Crippen molar-refractivity contribution < 1.29 is 14.7 Å². The summed E-state index contributed by atoms with van der Waals surface area (Å²) in [5.41, 5.74) is 0. The summed E-state index contributed by atoms with van der Waals surface area (Å²) < 4.78 is 0. The van der Waals surface area contributed by atoms with E-state index in [-0.39, 0.29) is 30.9 Å². The van der Waals surface area contributed by atoms with E-state index >= 15 is 0 Å². The number of β-amino-alcohol motifs (C(OH)–C–C–N with tert-alkyl or cyclic N) is 1. The summed E-state index contributed by atoms with van der Waals surface area (Å²) in [7, 11) is 0. The van der Waals surface area contributed by atoms with Crippen molar-refractivity contribution in [2.24, 2.45) is 0 Å². The van der Waals surface area contributed by atoms with Gasteiger partial charge in [-0.3, -0.25) is 9.59 Å². The van der Waals surface area contributed by atoms with Crippen LogP contribution in [0.1, 0.15) is 20.3 Å². The molecule has 5 heteroatoms. The van der Waals surface area contributed by atoms with Gasteiger partial charge in [0.2, 0.25) is 11.8 Å². The van der Waals surface area contributed by atoms with Crippen LogP contribution < -0.4 is 0 Å². The molecule has 0 aromatic rings. The number of hydrogen-bond acceptors (Lipinski definition) is 3. The Hall–Kier alpha value is -1.10. The average molecular weight is 214 g/mol. The lowest BCUT2D eigenvalue weighted by atomic mass is 10.3. The number of hydrogen-bond donors (Lipinski definition) is 1. The van der Waals surface area contributed by atoms with Gasteiger partial charge in [0.25, 0.3) is 0 Å². The first-order chi connectivity index (χ1) is 7.06. The Bertz CT molecular complexity index is 253. The summed E-state index contributed by atoms with van der Waals surface area (Å²) in [6.07, 6.45) is -0.0713. The van der Waals surface area contributed by atoms with Crippen molar-refractivity contribution in [3.63, 3.8) is 0 Å². The summed E-state index contributed by atoms with van der Waals surface area (Å²) in [4.78, 5) is 26.4. The molecular formula is C10H18N2O3. The number of rotatable bonds is 3. The average Bonchev–Trinajstić information content (AvgIpc) is 2.27. The fraction of sp³-hybridized carbons (Fsp3) is 0.800. The van der Waals surface area contributed by atoms with E-state index in [2.05, 4.69) is 0 Å². The molecule has 0 spiro atoms. The zero-order valence-electron chi connectivity index (χ0n) is 9.27. The SMILES string of the molecule is CC(C)N1CCN(CCO)C(=O)CC1=O. The molecule has 0 saturated carbocycles. The van der Waals surface area contributed by atoms with Crippen molar-refractivity contribution in [3.8, 4) is 0 Å². The molecule has 2 amide bonds. The molecule has 15 heavy (non-hydrogen) atoms. The van der Waals surface area contributed by atoms with E-state index < -0.39 is 0 Å². The van der Waals surface area contributed by atoms with Gasteiger partial charge in [-0.2, -0.15) is 0 Å². The van der Waals surface area contributed by atoms with E-state index in [0.717, 1.165) is 0 Å². The number of carbonyl (C=O) groups excluding carboxylic acids is 2. The van der Waals surface area contributed by atoms with Gasteiger partial charge >= 0.3 is 0 Å². The summed E-state index contributed by atoms with van der Waals surface area (Å²) in [5.74, 6) is -0.298. The quantitative estimate of drug-likeness (QED) is 0.641. The normalized spacial score (nSPS) is 18.7. The predicted octanol–water partition coefficient (Wildman–Crippen LogP) is -0.552. The van der Waals surface area contributed by atoms with Crippen LogP contribution in [0, 0.1) is 0 Å². The molecule has 1 saturated heterocycles. The molecule has 0 aliphatic carbocycles. The molecule has 86 valence electrons. The highest BCUT2D eigenvalue weighted by Crippen LogP contribution is 2.09. The number of carbonyl (C=O) groups is 2. The second-order valence-electron chi connectivity index (χ2n) is 3.96. The van der Waals surface area contributed by atoms with E-state index in [1.165, 1.54) is 0 Å². The largest absolute Gasteiger partial charge is 0.395 e. The molecule has 0 aromatic heterocycles. The van der Waals surface area contributed by atoms with Crippen LogP contribution in [0.15, 0.2) is 0 Å². The minimum absolute atomic E-state index is 0.0540. The third kappa shape index (κ3) is 2.92. The molecule has 0 radical (unpaired) electrons. The minimum Gasteiger partial charge on any atom is -0.395 e. The van der Waals surface area contributed by atoms with Gasteiger partial charge in [0, 0.05) is 25.7 Å². The van der Waals surface area contributed by atoms with Gasteiger partial charge in [0.1, 0.15) is 6.42 Å². The van der Waals surface area contributed by atoms with Crippen molar-refractivity contribution >= 4 is 11.8 Å². The zero-order chi connectivity index (χ0) is 11.4. The van der Waals surface area contributed by atoms with Gasteiger partial charge in [-0.25, -0.2) is 0 Å². The minimum atomic E-state index is -0.183. The molecule has 0 unspecified atom stereocenters. The maximum Gasteiger partial charge on any atom is 0.232 e. The van der Waals surface area contributed by atoms with Crippen LogP contribution in [0.5, 0.6) is 0 Å². The highest BCUT2D eigenvalue weighted by atomic mass is 16.3. The topological polar surface area (TPSA) is 60.9 Å². The molecule has 1 heterocycles. The van der Waals surface area contributed by atoms with Crippen LogP contribution in [-0.2, 0) is 9.59 Å². The lowest BCUT2D eigenvalue weighted by Crippen LogP contribution is -2.38. The van der Waals surface area contributed by atoms with Gasteiger partial charge in [-0.1, -0.05) is 0 Å². The van der Waals surface area contributed by atoms with Crippen LogP contribution in [0.2, 0.25) is 0 Å². The fourth-order valence-electron chi connectivity index (χ4n) is 1.72.